The van der Waals surface area contributed by atoms with E-state index in [-0.39, 0.29) is 0 Å². The Morgan fingerprint density at radius 3 is 2.40 bits per heavy atom. The summed E-state index contributed by atoms with van der Waals surface area (Å²) in [6, 6.07) is 7.16. The molecule has 0 unspecified atom stereocenters. The molecule has 1 aromatic rings. The molecule has 1 N–H and O–H groups in total. The van der Waals surface area contributed by atoms with Crippen LogP contribution in [0.1, 0.15) is 0 Å². The molecule has 10 heavy (non-hydrogen) atoms. The van der Waals surface area contributed by atoms with Gasteiger partial charge < -0.3 is 9.68 Å². The van der Waals surface area contributed by atoms with E-state index in [4.69, 9.17) is 5.02 Å². The van der Waals surface area contributed by atoms with Crippen LogP contribution in [0.15, 0.2) is 28.7 Å². The first-order chi connectivity index (χ1) is 4.83. The molecule has 1 aromatic carbocycles. The summed E-state index contributed by atoms with van der Waals surface area (Å²) in [5, 5.41) is 8.23. The lowest BCUT2D eigenvalue weighted by Crippen LogP contribution is -1.98. The molecule has 0 saturated carbocycles. The van der Waals surface area contributed by atoms with E-state index in [0.29, 0.717) is 13.4 Å². The van der Waals surface area contributed by atoms with E-state index < -0.39 is 0 Å². The summed E-state index contributed by atoms with van der Waals surface area (Å²) in [5.74, 6) is 0.616. The fraction of sp³-hybridized carbons (Fsp3) is 0. The van der Waals surface area contributed by atoms with Crippen molar-refractivity contribution < 1.29 is 9.68 Å². The Kier molecular flexibility index (Phi) is 2.77. The van der Waals surface area contributed by atoms with Gasteiger partial charge in [0.1, 0.15) is 5.75 Å². The first-order valence-electron chi connectivity index (χ1n) is 2.71. The Balaban J connectivity index is 2.69. The Morgan fingerprint density at radius 1 is 1.30 bits per heavy atom. The summed E-state index contributed by atoms with van der Waals surface area (Å²) >= 11 is 3.27. The Bertz CT molecular complexity index is 199. The third-order valence-corrected chi connectivity index (χ3v) is 1.53. The monoisotopic (exact) mass is 199 g/mol. The van der Waals surface area contributed by atoms with Gasteiger partial charge in [0.05, 0.1) is 0 Å². The van der Waals surface area contributed by atoms with Gasteiger partial charge in [0.15, 0.2) is 0 Å². The van der Waals surface area contributed by atoms with Gasteiger partial charge in [0.25, 0.3) is 0 Å². The van der Waals surface area contributed by atoms with Crippen molar-refractivity contribution in [3.8, 4) is 5.75 Å². The van der Waals surface area contributed by atoms with Gasteiger partial charge in [-0.25, -0.2) is 0 Å². The van der Waals surface area contributed by atoms with Gasteiger partial charge in [-0.3, -0.25) is 0 Å². The second kappa shape index (κ2) is 3.63. The molecule has 1 radical (unpaired) electrons. The lowest BCUT2D eigenvalue weighted by Gasteiger charge is -1.98. The Labute approximate surface area is 68.3 Å². The van der Waals surface area contributed by atoms with Crippen molar-refractivity contribution in [2.24, 2.45) is 0 Å². The molecule has 0 aromatic heterocycles. The normalized spacial score (nSPS) is 9.00. The topological polar surface area (TPSA) is 29.5 Å². The van der Waals surface area contributed by atoms with E-state index in [1.54, 1.807) is 12.1 Å². The van der Waals surface area contributed by atoms with E-state index in [1.165, 1.54) is 0 Å². The minimum Gasteiger partial charge on any atom is -0.537 e. The number of benzene rings is 1. The molecule has 0 bridgehead atoms. The molecule has 2 nitrogen and oxygen atoms in total. The summed E-state index contributed by atoms with van der Waals surface area (Å²) < 4.78 is 5.65. The van der Waals surface area contributed by atoms with Crippen molar-refractivity contribution in [3.63, 3.8) is 0 Å². The molecule has 0 aliphatic carbocycles. The molecule has 0 saturated heterocycles. The second-order valence-corrected chi connectivity index (χ2v) is 2.59. The maximum Gasteiger partial charge on any atom is 0.569 e. The molecule has 0 atom stereocenters. The first-order valence-corrected chi connectivity index (χ1v) is 3.50. The van der Waals surface area contributed by atoms with E-state index >= 15 is 0 Å². The summed E-state index contributed by atoms with van der Waals surface area (Å²) in [6.45, 7) is 0. The van der Waals surface area contributed by atoms with Gasteiger partial charge >= 0.3 is 7.69 Å². The lowest BCUT2D eigenvalue weighted by molar-refractivity contribution is 0.454. The maximum atomic E-state index is 8.23. The SMILES string of the molecule is O[B]Oc1ccc(Br)cc1. The molecule has 0 fully saturated rings. The minimum atomic E-state index is 0.616. The van der Waals surface area contributed by atoms with E-state index in [2.05, 4.69) is 20.6 Å². The predicted octanol–water partition coefficient (Wildman–Crippen LogP) is 1.35. The number of halogens is 1. The zero-order valence-electron chi connectivity index (χ0n) is 5.12. The van der Waals surface area contributed by atoms with Gasteiger partial charge in [-0.2, -0.15) is 0 Å². The highest BCUT2D eigenvalue weighted by Crippen LogP contribution is 2.15. The molecule has 0 aliphatic heterocycles. The van der Waals surface area contributed by atoms with Crippen molar-refractivity contribution in [1.82, 2.24) is 0 Å². The standard InChI is InChI=1S/C6H5BBrO2/c8-5-1-3-6(4-2-5)10-7-9/h1-4,9H. The quantitative estimate of drug-likeness (QED) is 0.730. The minimum absolute atomic E-state index is 0.616. The zero-order valence-corrected chi connectivity index (χ0v) is 6.71. The summed E-state index contributed by atoms with van der Waals surface area (Å²) in [7, 11) is 0.656. The van der Waals surface area contributed by atoms with Gasteiger partial charge in [-0.15, -0.1) is 0 Å². The van der Waals surface area contributed by atoms with Crippen LogP contribution in [0, 0.1) is 0 Å². The van der Waals surface area contributed by atoms with Crippen LogP contribution in [0.25, 0.3) is 0 Å². The molecule has 51 valence electrons. The second-order valence-electron chi connectivity index (χ2n) is 1.68. The van der Waals surface area contributed by atoms with Crippen LogP contribution >= 0.6 is 15.9 Å². The highest BCUT2D eigenvalue weighted by molar-refractivity contribution is 9.10. The highest BCUT2D eigenvalue weighted by atomic mass is 79.9. The van der Waals surface area contributed by atoms with Gasteiger partial charge in [0.2, 0.25) is 0 Å². The van der Waals surface area contributed by atoms with Crippen molar-refractivity contribution in [3.05, 3.63) is 28.7 Å². The lowest BCUT2D eigenvalue weighted by atomic mass is 10.3. The summed E-state index contributed by atoms with van der Waals surface area (Å²) in [4.78, 5) is 0. The molecular formula is C6H5BBrO2. The average molecular weight is 200 g/mol. The van der Waals surface area contributed by atoms with Gasteiger partial charge in [-0.05, 0) is 24.3 Å². The molecule has 0 heterocycles. The van der Waals surface area contributed by atoms with Crippen LogP contribution in [0.5, 0.6) is 5.75 Å². The van der Waals surface area contributed by atoms with E-state index in [0.717, 1.165) is 4.47 Å². The Morgan fingerprint density at radius 2 is 1.90 bits per heavy atom. The first kappa shape index (κ1) is 7.63. The van der Waals surface area contributed by atoms with Crippen LogP contribution in [0.2, 0.25) is 0 Å². The number of hydrogen-bond donors (Lipinski definition) is 1. The van der Waals surface area contributed by atoms with Crippen LogP contribution in [0.3, 0.4) is 0 Å². The Hall–Kier alpha value is -0.475. The van der Waals surface area contributed by atoms with Crippen LogP contribution in [-0.4, -0.2) is 12.7 Å². The molecule has 4 heteroatoms. The third kappa shape index (κ3) is 2.04. The fourth-order valence-electron chi connectivity index (χ4n) is 0.574. The molecule has 1 rings (SSSR count). The molecular weight excluding hydrogens is 195 g/mol. The average Bonchev–Trinajstić information content (AvgIpc) is 1.95. The number of rotatable bonds is 2. The van der Waals surface area contributed by atoms with Gasteiger partial charge in [0, 0.05) is 4.47 Å². The largest absolute Gasteiger partial charge is 0.569 e. The van der Waals surface area contributed by atoms with Crippen molar-refractivity contribution in [1.29, 1.82) is 0 Å². The van der Waals surface area contributed by atoms with Crippen molar-refractivity contribution in [2.75, 3.05) is 0 Å². The van der Waals surface area contributed by atoms with Crippen LogP contribution in [0.4, 0.5) is 0 Å². The fourth-order valence-corrected chi connectivity index (χ4v) is 0.838. The van der Waals surface area contributed by atoms with Gasteiger partial charge in [-0.1, -0.05) is 15.9 Å². The zero-order chi connectivity index (χ0) is 7.40. The summed E-state index contributed by atoms with van der Waals surface area (Å²) in [6.07, 6.45) is 0. The molecule has 0 spiro atoms. The van der Waals surface area contributed by atoms with Crippen LogP contribution < -0.4 is 4.65 Å². The summed E-state index contributed by atoms with van der Waals surface area (Å²) in [5.41, 5.74) is 0. The van der Waals surface area contributed by atoms with Crippen molar-refractivity contribution >= 4 is 23.6 Å². The van der Waals surface area contributed by atoms with Crippen molar-refractivity contribution in [2.45, 2.75) is 0 Å². The smallest absolute Gasteiger partial charge is 0.537 e. The van der Waals surface area contributed by atoms with Crippen LogP contribution in [-0.2, 0) is 0 Å². The molecule has 0 amide bonds. The van der Waals surface area contributed by atoms with E-state index in [9.17, 15) is 0 Å². The molecule has 0 aliphatic rings. The van der Waals surface area contributed by atoms with E-state index in [1.807, 2.05) is 12.1 Å². The highest BCUT2D eigenvalue weighted by Gasteiger charge is 1.91. The predicted molar refractivity (Wildman–Crippen MR) is 42.7 cm³/mol. The maximum absolute atomic E-state index is 8.23. The third-order valence-electron chi connectivity index (χ3n) is 1.00. The number of hydrogen-bond acceptors (Lipinski definition) is 2.